The lowest BCUT2D eigenvalue weighted by molar-refractivity contribution is 0.322. The van der Waals surface area contributed by atoms with E-state index in [4.69, 9.17) is 0 Å². The minimum Gasteiger partial charge on any atom is -0.367 e. The molecule has 0 bridgehead atoms. The highest BCUT2D eigenvalue weighted by Gasteiger charge is 2.20. The smallest absolute Gasteiger partial charge is 0.148 e. The molecule has 0 aliphatic carbocycles. The molecule has 1 fully saturated rings. The zero-order valence-corrected chi connectivity index (χ0v) is 11.6. The monoisotopic (exact) mass is 256 g/mol. The molecule has 1 aromatic carbocycles. The third-order valence-corrected chi connectivity index (χ3v) is 3.92. The Balaban J connectivity index is 1.78. The SMILES string of the molecule is Cc1nc2ccccc2nc1NCC1CCCN1C. The molecule has 1 aliphatic rings. The van der Waals surface area contributed by atoms with Crippen LogP contribution in [0.4, 0.5) is 5.82 Å². The summed E-state index contributed by atoms with van der Waals surface area (Å²) < 4.78 is 0. The van der Waals surface area contributed by atoms with E-state index in [2.05, 4.69) is 27.2 Å². The molecular formula is C15H20N4. The maximum absolute atomic E-state index is 4.67. The molecule has 19 heavy (non-hydrogen) atoms. The largest absolute Gasteiger partial charge is 0.367 e. The molecule has 2 aromatic rings. The number of rotatable bonds is 3. The number of anilines is 1. The van der Waals surface area contributed by atoms with E-state index in [1.807, 2.05) is 31.2 Å². The third kappa shape index (κ3) is 2.54. The molecule has 0 radical (unpaired) electrons. The van der Waals surface area contributed by atoms with Gasteiger partial charge in [0, 0.05) is 12.6 Å². The Morgan fingerprint density at radius 1 is 1.26 bits per heavy atom. The minimum absolute atomic E-state index is 0.618. The summed E-state index contributed by atoms with van der Waals surface area (Å²) in [5, 5.41) is 3.46. The molecule has 1 aliphatic heterocycles. The lowest BCUT2D eigenvalue weighted by Crippen LogP contribution is -2.31. The fourth-order valence-electron chi connectivity index (χ4n) is 2.71. The van der Waals surface area contributed by atoms with Gasteiger partial charge in [0.25, 0.3) is 0 Å². The third-order valence-electron chi connectivity index (χ3n) is 3.92. The van der Waals surface area contributed by atoms with Gasteiger partial charge in [0.2, 0.25) is 0 Å². The van der Waals surface area contributed by atoms with E-state index in [1.165, 1.54) is 19.4 Å². The van der Waals surface area contributed by atoms with Gasteiger partial charge in [0.05, 0.1) is 16.7 Å². The molecule has 4 nitrogen and oxygen atoms in total. The van der Waals surface area contributed by atoms with Gasteiger partial charge in [0.1, 0.15) is 5.82 Å². The Kier molecular flexibility index (Phi) is 3.34. The number of aromatic nitrogens is 2. The van der Waals surface area contributed by atoms with E-state index in [0.29, 0.717) is 6.04 Å². The van der Waals surface area contributed by atoms with Crippen LogP contribution in [0.2, 0.25) is 0 Å². The maximum Gasteiger partial charge on any atom is 0.148 e. The Bertz CT molecular complexity index is 581. The van der Waals surface area contributed by atoms with Gasteiger partial charge in [-0.1, -0.05) is 12.1 Å². The summed E-state index contributed by atoms with van der Waals surface area (Å²) in [6, 6.07) is 8.63. The highest BCUT2D eigenvalue weighted by molar-refractivity contribution is 5.76. The molecule has 2 heterocycles. The van der Waals surface area contributed by atoms with E-state index in [-0.39, 0.29) is 0 Å². The molecular weight excluding hydrogens is 236 g/mol. The first kappa shape index (κ1) is 12.4. The van der Waals surface area contributed by atoms with Gasteiger partial charge in [0.15, 0.2) is 0 Å². The lowest BCUT2D eigenvalue weighted by Gasteiger charge is -2.20. The molecule has 3 rings (SSSR count). The van der Waals surface area contributed by atoms with Crippen LogP contribution in [0.5, 0.6) is 0 Å². The number of hydrogen-bond donors (Lipinski definition) is 1. The van der Waals surface area contributed by atoms with Crippen LogP contribution in [0.15, 0.2) is 24.3 Å². The summed E-state index contributed by atoms with van der Waals surface area (Å²) in [4.78, 5) is 11.7. The number of hydrogen-bond acceptors (Lipinski definition) is 4. The van der Waals surface area contributed by atoms with Gasteiger partial charge < -0.3 is 10.2 Å². The van der Waals surface area contributed by atoms with Crippen molar-refractivity contribution in [1.82, 2.24) is 14.9 Å². The molecule has 100 valence electrons. The van der Waals surface area contributed by atoms with Crippen LogP contribution in [-0.4, -0.2) is 41.0 Å². The van der Waals surface area contributed by atoms with Crippen LogP contribution in [-0.2, 0) is 0 Å². The summed E-state index contributed by atoms with van der Waals surface area (Å²) >= 11 is 0. The number of aryl methyl sites for hydroxylation is 1. The van der Waals surface area contributed by atoms with Crippen molar-refractivity contribution in [2.45, 2.75) is 25.8 Å². The number of nitrogens with one attached hydrogen (secondary N) is 1. The van der Waals surface area contributed by atoms with E-state index in [0.717, 1.165) is 29.1 Å². The standard InChI is InChI=1S/C15H20N4/c1-11-15(16-10-12-6-5-9-19(12)2)18-14-8-4-3-7-13(14)17-11/h3-4,7-8,12H,5-6,9-10H2,1-2H3,(H,16,18). The second-order valence-corrected chi connectivity index (χ2v) is 5.30. The van der Waals surface area contributed by atoms with Gasteiger partial charge in [-0.3, -0.25) is 0 Å². The van der Waals surface area contributed by atoms with Gasteiger partial charge in [-0.25, -0.2) is 9.97 Å². The topological polar surface area (TPSA) is 41.1 Å². The Hall–Kier alpha value is -1.68. The molecule has 4 heteroatoms. The summed E-state index contributed by atoms with van der Waals surface area (Å²) in [5.41, 5.74) is 2.89. The quantitative estimate of drug-likeness (QED) is 0.916. The summed E-state index contributed by atoms with van der Waals surface area (Å²) in [6.45, 7) is 4.17. The maximum atomic E-state index is 4.67. The van der Waals surface area contributed by atoms with Crippen LogP contribution in [0.25, 0.3) is 11.0 Å². The average molecular weight is 256 g/mol. The minimum atomic E-state index is 0.618. The predicted octanol–water partition coefficient (Wildman–Crippen LogP) is 2.44. The van der Waals surface area contributed by atoms with Crippen molar-refractivity contribution < 1.29 is 0 Å². The van der Waals surface area contributed by atoms with Crippen molar-refractivity contribution in [3.63, 3.8) is 0 Å². The lowest BCUT2D eigenvalue weighted by atomic mass is 10.2. The van der Waals surface area contributed by atoms with Gasteiger partial charge in [-0.15, -0.1) is 0 Å². The van der Waals surface area contributed by atoms with Crippen molar-refractivity contribution in [3.05, 3.63) is 30.0 Å². The molecule has 0 saturated carbocycles. The molecule has 1 aromatic heterocycles. The fourth-order valence-corrected chi connectivity index (χ4v) is 2.71. The Morgan fingerprint density at radius 2 is 2.00 bits per heavy atom. The number of nitrogens with zero attached hydrogens (tertiary/aromatic N) is 3. The number of para-hydroxylation sites is 2. The van der Waals surface area contributed by atoms with Crippen molar-refractivity contribution in [1.29, 1.82) is 0 Å². The average Bonchev–Trinajstić information content (AvgIpc) is 2.82. The highest BCUT2D eigenvalue weighted by Crippen LogP contribution is 2.18. The predicted molar refractivity (Wildman–Crippen MR) is 78.4 cm³/mol. The Labute approximate surface area is 113 Å². The van der Waals surface area contributed by atoms with Crippen molar-refractivity contribution in [2.75, 3.05) is 25.5 Å². The number of fused-ring (bicyclic) bond motifs is 1. The van der Waals surface area contributed by atoms with E-state index in [1.54, 1.807) is 0 Å². The molecule has 0 spiro atoms. The zero-order chi connectivity index (χ0) is 13.2. The Morgan fingerprint density at radius 3 is 2.68 bits per heavy atom. The van der Waals surface area contributed by atoms with Crippen LogP contribution in [0.3, 0.4) is 0 Å². The molecule has 0 amide bonds. The normalized spacial score (nSPS) is 20.0. The van der Waals surface area contributed by atoms with Crippen molar-refractivity contribution >= 4 is 16.9 Å². The second-order valence-electron chi connectivity index (χ2n) is 5.30. The second kappa shape index (κ2) is 5.13. The first-order valence-electron chi connectivity index (χ1n) is 6.91. The van der Waals surface area contributed by atoms with Crippen molar-refractivity contribution in [2.24, 2.45) is 0 Å². The summed E-state index contributed by atoms with van der Waals surface area (Å²) in [7, 11) is 2.19. The first-order valence-corrected chi connectivity index (χ1v) is 6.91. The highest BCUT2D eigenvalue weighted by atomic mass is 15.2. The molecule has 1 atom stereocenters. The van der Waals surface area contributed by atoms with E-state index in [9.17, 15) is 0 Å². The first-order chi connectivity index (χ1) is 9.24. The van der Waals surface area contributed by atoms with E-state index >= 15 is 0 Å². The number of likely N-dealkylation sites (N-methyl/N-ethyl adjacent to an activating group) is 1. The van der Waals surface area contributed by atoms with Crippen molar-refractivity contribution in [3.8, 4) is 0 Å². The fraction of sp³-hybridized carbons (Fsp3) is 0.467. The molecule has 1 unspecified atom stereocenters. The molecule has 1 saturated heterocycles. The van der Waals surface area contributed by atoms with Gasteiger partial charge in [-0.05, 0) is 45.5 Å². The van der Waals surface area contributed by atoms with E-state index < -0.39 is 0 Å². The zero-order valence-electron chi connectivity index (χ0n) is 11.6. The van der Waals surface area contributed by atoms with Crippen LogP contribution < -0.4 is 5.32 Å². The molecule has 1 N–H and O–H groups in total. The number of likely N-dealkylation sites (tertiary alicyclic amines) is 1. The summed E-state index contributed by atoms with van der Waals surface area (Å²) in [5.74, 6) is 0.916. The number of benzene rings is 1. The van der Waals surface area contributed by atoms with Crippen LogP contribution >= 0.6 is 0 Å². The summed E-state index contributed by atoms with van der Waals surface area (Å²) in [6.07, 6.45) is 2.56. The van der Waals surface area contributed by atoms with Gasteiger partial charge in [-0.2, -0.15) is 0 Å². The van der Waals surface area contributed by atoms with Crippen LogP contribution in [0, 0.1) is 6.92 Å². The van der Waals surface area contributed by atoms with Gasteiger partial charge >= 0.3 is 0 Å². The van der Waals surface area contributed by atoms with Crippen LogP contribution in [0.1, 0.15) is 18.5 Å².